The van der Waals surface area contributed by atoms with E-state index in [9.17, 15) is 8.42 Å². The maximum Gasteiger partial charge on any atom is 0.242 e. The molecule has 0 radical (unpaired) electrons. The molecule has 1 aromatic rings. The van der Waals surface area contributed by atoms with Gasteiger partial charge >= 0.3 is 0 Å². The lowest BCUT2D eigenvalue weighted by atomic mass is 9.89. The van der Waals surface area contributed by atoms with Gasteiger partial charge in [-0.2, -0.15) is 0 Å². The van der Waals surface area contributed by atoms with Crippen molar-refractivity contribution in [1.29, 1.82) is 0 Å². The molecular weight excluding hydrogens is 272 g/mol. The average Bonchev–Trinajstić information content (AvgIpc) is 2.35. The van der Waals surface area contributed by atoms with Gasteiger partial charge < -0.3 is 5.32 Å². The molecule has 0 saturated carbocycles. The van der Waals surface area contributed by atoms with Gasteiger partial charge in [0.15, 0.2) is 0 Å². The monoisotopic (exact) mass is 298 g/mol. The van der Waals surface area contributed by atoms with Crippen molar-refractivity contribution in [2.24, 2.45) is 5.41 Å². The van der Waals surface area contributed by atoms with Crippen molar-refractivity contribution in [3.05, 3.63) is 24.3 Å². The van der Waals surface area contributed by atoms with Crippen molar-refractivity contribution in [1.82, 2.24) is 4.72 Å². The zero-order valence-electron chi connectivity index (χ0n) is 13.0. The third kappa shape index (κ3) is 4.49. The van der Waals surface area contributed by atoms with Gasteiger partial charge in [0.05, 0.1) is 5.69 Å². The standard InChI is InChI=1S/C15H26N2O2S/c1-6-11-16-13-9-7-8-10-14(13)20(18,19)17-12(2)15(3,4)5/h7-10,12,16-17H,6,11H2,1-5H3. The van der Waals surface area contributed by atoms with E-state index in [0.717, 1.165) is 13.0 Å². The Kier molecular flexibility index (Phi) is 5.59. The molecule has 2 N–H and O–H groups in total. The Morgan fingerprint density at radius 3 is 2.35 bits per heavy atom. The molecule has 0 aromatic heterocycles. The lowest BCUT2D eigenvalue weighted by Crippen LogP contribution is -2.41. The topological polar surface area (TPSA) is 58.2 Å². The van der Waals surface area contributed by atoms with Crippen LogP contribution < -0.4 is 10.0 Å². The second kappa shape index (κ2) is 6.59. The summed E-state index contributed by atoms with van der Waals surface area (Å²) in [5.74, 6) is 0. The number of hydrogen-bond acceptors (Lipinski definition) is 3. The fraction of sp³-hybridized carbons (Fsp3) is 0.600. The lowest BCUT2D eigenvalue weighted by molar-refractivity contribution is 0.317. The van der Waals surface area contributed by atoms with E-state index in [1.807, 2.05) is 40.7 Å². The van der Waals surface area contributed by atoms with Gasteiger partial charge in [-0.25, -0.2) is 13.1 Å². The fourth-order valence-electron chi connectivity index (χ4n) is 1.58. The van der Waals surface area contributed by atoms with E-state index in [1.54, 1.807) is 18.2 Å². The van der Waals surface area contributed by atoms with Crippen LogP contribution in [0.2, 0.25) is 0 Å². The predicted octanol–water partition coefficient (Wildman–Crippen LogP) is 3.22. The van der Waals surface area contributed by atoms with Crippen LogP contribution in [0, 0.1) is 5.41 Å². The maximum absolute atomic E-state index is 12.5. The van der Waals surface area contributed by atoms with E-state index in [1.165, 1.54) is 0 Å². The molecule has 0 saturated heterocycles. The van der Waals surface area contributed by atoms with Crippen molar-refractivity contribution < 1.29 is 8.42 Å². The molecule has 20 heavy (non-hydrogen) atoms. The first kappa shape index (κ1) is 17.0. The Labute approximate surface area is 123 Å². The maximum atomic E-state index is 12.5. The van der Waals surface area contributed by atoms with Gasteiger partial charge in [-0.1, -0.05) is 39.8 Å². The minimum absolute atomic E-state index is 0.126. The Morgan fingerprint density at radius 1 is 1.20 bits per heavy atom. The molecule has 4 nitrogen and oxygen atoms in total. The van der Waals surface area contributed by atoms with Gasteiger partial charge in [0, 0.05) is 12.6 Å². The van der Waals surface area contributed by atoms with Gasteiger partial charge in [0.25, 0.3) is 0 Å². The van der Waals surface area contributed by atoms with E-state index in [0.29, 0.717) is 10.6 Å². The molecule has 1 atom stereocenters. The number of benzene rings is 1. The van der Waals surface area contributed by atoms with Crippen LogP contribution in [0.5, 0.6) is 0 Å². The Morgan fingerprint density at radius 2 is 1.80 bits per heavy atom. The highest BCUT2D eigenvalue weighted by molar-refractivity contribution is 7.89. The third-order valence-corrected chi connectivity index (χ3v) is 4.97. The normalized spacial score (nSPS) is 14.1. The number of anilines is 1. The fourth-order valence-corrected chi connectivity index (χ4v) is 3.21. The van der Waals surface area contributed by atoms with Gasteiger partial charge in [-0.3, -0.25) is 0 Å². The molecule has 0 bridgehead atoms. The molecule has 1 aromatic carbocycles. The molecule has 0 amide bonds. The van der Waals surface area contributed by atoms with Gasteiger partial charge in [0.1, 0.15) is 4.90 Å². The number of rotatable bonds is 6. The summed E-state index contributed by atoms with van der Waals surface area (Å²) in [5, 5.41) is 3.16. The highest BCUT2D eigenvalue weighted by atomic mass is 32.2. The highest BCUT2D eigenvalue weighted by Crippen LogP contribution is 2.24. The molecule has 0 aliphatic heterocycles. The molecule has 0 spiro atoms. The summed E-state index contributed by atoms with van der Waals surface area (Å²) >= 11 is 0. The summed E-state index contributed by atoms with van der Waals surface area (Å²) in [6.45, 7) is 10.7. The van der Waals surface area contributed by atoms with Crippen LogP contribution in [-0.2, 0) is 10.0 Å². The van der Waals surface area contributed by atoms with Gasteiger partial charge in [-0.05, 0) is 30.9 Å². The molecule has 114 valence electrons. The Bertz CT molecular complexity index is 533. The van der Waals surface area contributed by atoms with Crippen LogP contribution in [0.15, 0.2) is 29.2 Å². The first-order chi connectivity index (χ1) is 9.18. The summed E-state index contributed by atoms with van der Waals surface area (Å²) in [6, 6.07) is 6.87. The van der Waals surface area contributed by atoms with Gasteiger partial charge in [-0.15, -0.1) is 0 Å². The molecule has 0 aliphatic carbocycles. The summed E-state index contributed by atoms with van der Waals surface area (Å²) in [5.41, 5.74) is 0.529. The van der Waals surface area contributed by atoms with Crippen LogP contribution in [0.1, 0.15) is 41.0 Å². The Balaban J connectivity index is 3.04. The SMILES string of the molecule is CCCNc1ccccc1S(=O)(=O)NC(C)C(C)(C)C. The zero-order chi connectivity index (χ0) is 15.4. The molecule has 0 aliphatic rings. The highest BCUT2D eigenvalue weighted by Gasteiger charge is 2.27. The summed E-state index contributed by atoms with van der Waals surface area (Å²) in [7, 11) is -3.52. The first-order valence-electron chi connectivity index (χ1n) is 7.03. The number of nitrogens with one attached hydrogen (secondary N) is 2. The zero-order valence-corrected chi connectivity index (χ0v) is 13.8. The van der Waals surface area contributed by atoms with Crippen molar-refractivity contribution >= 4 is 15.7 Å². The van der Waals surface area contributed by atoms with Crippen molar-refractivity contribution in [3.63, 3.8) is 0 Å². The predicted molar refractivity (Wildman–Crippen MR) is 84.5 cm³/mol. The Hall–Kier alpha value is -1.07. The van der Waals surface area contributed by atoms with Crippen LogP contribution in [-0.4, -0.2) is 21.0 Å². The smallest absolute Gasteiger partial charge is 0.242 e. The van der Waals surface area contributed by atoms with Crippen LogP contribution in [0.4, 0.5) is 5.69 Å². The van der Waals surface area contributed by atoms with Crippen molar-refractivity contribution in [2.75, 3.05) is 11.9 Å². The van der Waals surface area contributed by atoms with E-state index < -0.39 is 10.0 Å². The van der Waals surface area contributed by atoms with E-state index in [2.05, 4.69) is 10.0 Å². The molecule has 0 heterocycles. The largest absolute Gasteiger partial charge is 0.384 e. The number of hydrogen-bond donors (Lipinski definition) is 2. The molecule has 0 fully saturated rings. The molecule has 1 unspecified atom stereocenters. The van der Waals surface area contributed by atoms with Crippen molar-refractivity contribution in [3.8, 4) is 0 Å². The summed E-state index contributed by atoms with van der Waals surface area (Å²) < 4.78 is 27.8. The molecule has 5 heteroatoms. The van der Waals surface area contributed by atoms with Crippen LogP contribution >= 0.6 is 0 Å². The van der Waals surface area contributed by atoms with Gasteiger partial charge in [0.2, 0.25) is 10.0 Å². The van der Waals surface area contributed by atoms with E-state index in [-0.39, 0.29) is 11.5 Å². The second-order valence-corrected chi connectivity index (χ2v) is 7.81. The molecule has 1 rings (SSSR count). The molecular formula is C15H26N2O2S. The van der Waals surface area contributed by atoms with Crippen molar-refractivity contribution in [2.45, 2.75) is 52.0 Å². The average molecular weight is 298 g/mol. The van der Waals surface area contributed by atoms with Crippen LogP contribution in [0.3, 0.4) is 0 Å². The quantitative estimate of drug-likeness (QED) is 0.848. The minimum Gasteiger partial charge on any atom is -0.384 e. The summed E-state index contributed by atoms with van der Waals surface area (Å²) in [4.78, 5) is 0.310. The number of para-hydroxylation sites is 1. The lowest BCUT2D eigenvalue weighted by Gasteiger charge is -2.28. The number of sulfonamides is 1. The first-order valence-corrected chi connectivity index (χ1v) is 8.52. The second-order valence-electron chi connectivity index (χ2n) is 6.13. The minimum atomic E-state index is -3.52. The van der Waals surface area contributed by atoms with Crippen LogP contribution in [0.25, 0.3) is 0 Å². The van der Waals surface area contributed by atoms with E-state index in [4.69, 9.17) is 0 Å². The van der Waals surface area contributed by atoms with E-state index >= 15 is 0 Å². The third-order valence-electron chi connectivity index (χ3n) is 3.37. The summed E-state index contributed by atoms with van der Waals surface area (Å²) in [6.07, 6.45) is 0.945.